The van der Waals surface area contributed by atoms with Gasteiger partial charge in [-0.2, -0.15) is 0 Å². The lowest BCUT2D eigenvalue weighted by molar-refractivity contribution is -0.139. The molecule has 4 nitrogen and oxygen atoms in total. The molecule has 0 aliphatic heterocycles. The maximum atomic E-state index is 13.1. The van der Waals surface area contributed by atoms with E-state index in [1.807, 2.05) is 30.3 Å². The summed E-state index contributed by atoms with van der Waals surface area (Å²) in [6, 6.07) is 14.8. The molecular weight excluding hydrogens is 297 g/mol. The first kappa shape index (κ1) is 16.4. The minimum Gasteiger partial charge on any atom is -0.512 e. The van der Waals surface area contributed by atoms with Gasteiger partial charge in [0.05, 0.1) is 5.69 Å². The number of halogens is 1. The molecule has 0 amide bonds. The normalized spacial score (nSPS) is 12.1. The fraction of sp³-hybridized carbons (Fsp3) is 0.111. The molecule has 5 heteroatoms. The summed E-state index contributed by atoms with van der Waals surface area (Å²) in [6.07, 6.45) is 1.16. The lowest BCUT2D eigenvalue weighted by atomic mass is 10.2. The van der Waals surface area contributed by atoms with Gasteiger partial charge in [0, 0.05) is 6.21 Å². The van der Waals surface area contributed by atoms with Crippen LogP contribution in [-0.4, -0.2) is 17.3 Å². The van der Waals surface area contributed by atoms with Crippen molar-refractivity contribution in [1.82, 2.24) is 0 Å². The van der Waals surface area contributed by atoms with Crippen LogP contribution in [-0.2, 0) is 16.1 Å². The molecule has 0 aromatic heterocycles. The number of carbonyl (C=O) groups excluding carboxylic acids is 1. The van der Waals surface area contributed by atoms with Gasteiger partial charge < -0.3 is 9.84 Å². The number of esters is 1. The molecule has 1 N–H and O–H groups in total. The van der Waals surface area contributed by atoms with Crippen LogP contribution in [0.1, 0.15) is 12.5 Å². The number of aliphatic hydroxyl groups excluding tert-OH is 1. The second-order valence-corrected chi connectivity index (χ2v) is 4.80. The minimum atomic E-state index is -0.700. The van der Waals surface area contributed by atoms with Crippen LogP contribution in [0.5, 0.6) is 0 Å². The second kappa shape index (κ2) is 7.89. The van der Waals surface area contributed by atoms with Crippen LogP contribution < -0.4 is 0 Å². The minimum absolute atomic E-state index is 0.0785. The number of aliphatic hydroxyl groups is 1. The molecule has 0 atom stereocenters. The van der Waals surface area contributed by atoms with E-state index in [0.717, 1.165) is 11.8 Å². The number of allylic oxidation sites excluding steroid dienone is 1. The first-order valence-corrected chi connectivity index (χ1v) is 6.97. The SMILES string of the molecule is C/C(O)=C(/C=Nc1cccc(F)c1)C(=O)OCc1ccccc1. The Bertz CT molecular complexity index is 735. The smallest absolute Gasteiger partial charge is 0.343 e. The van der Waals surface area contributed by atoms with Gasteiger partial charge in [0.25, 0.3) is 0 Å². The number of carbonyl (C=O) groups is 1. The van der Waals surface area contributed by atoms with Crippen molar-refractivity contribution in [2.45, 2.75) is 13.5 Å². The fourth-order valence-electron chi connectivity index (χ4n) is 1.79. The molecular formula is C18H16FNO3. The van der Waals surface area contributed by atoms with Crippen molar-refractivity contribution in [2.24, 2.45) is 4.99 Å². The highest BCUT2D eigenvalue weighted by molar-refractivity contribution is 6.10. The summed E-state index contributed by atoms with van der Waals surface area (Å²) in [5.41, 5.74) is 1.09. The predicted molar refractivity (Wildman–Crippen MR) is 86.1 cm³/mol. The van der Waals surface area contributed by atoms with E-state index in [9.17, 15) is 14.3 Å². The number of aliphatic imine (C=N–C) groups is 1. The van der Waals surface area contributed by atoms with Crippen LogP contribution in [0.15, 0.2) is 70.9 Å². The molecule has 0 radical (unpaired) electrons. The van der Waals surface area contributed by atoms with E-state index >= 15 is 0 Å². The van der Waals surface area contributed by atoms with Crippen LogP contribution in [0.25, 0.3) is 0 Å². The second-order valence-electron chi connectivity index (χ2n) is 4.80. The first-order valence-electron chi connectivity index (χ1n) is 6.97. The zero-order chi connectivity index (χ0) is 16.7. The van der Waals surface area contributed by atoms with E-state index in [0.29, 0.717) is 5.69 Å². The van der Waals surface area contributed by atoms with Crippen LogP contribution in [0.3, 0.4) is 0 Å². The van der Waals surface area contributed by atoms with Gasteiger partial charge in [0.15, 0.2) is 0 Å². The number of rotatable bonds is 5. The highest BCUT2D eigenvalue weighted by Crippen LogP contribution is 2.14. The van der Waals surface area contributed by atoms with E-state index in [-0.39, 0.29) is 17.9 Å². The lowest BCUT2D eigenvalue weighted by Gasteiger charge is -2.06. The largest absolute Gasteiger partial charge is 0.512 e. The van der Waals surface area contributed by atoms with E-state index in [2.05, 4.69) is 4.99 Å². The van der Waals surface area contributed by atoms with Gasteiger partial charge in [-0.3, -0.25) is 4.99 Å². The third-order valence-corrected chi connectivity index (χ3v) is 2.97. The van der Waals surface area contributed by atoms with Crippen molar-refractivity contribution >= 4 is 17.9 Å². The Morgan fingerprint density at radius 1 is 1.22 bits per heavy atom. The van der Waals surface area contributed by atoms with Gasteiger partial charge in [-0.1, -0.05) is 36.4 Å². The molecule has 0 aliphatic rings. The van der Waals surface area contributed by atoms with E-state index < -0.39 is 11.8 Å². The Labute approximate surface area is 133 Å². The third-order valence-electron chi connectivity index (χ3n) is 2.97. The number of ether oxygens (including phenoxy) is 1. The molecule has 0 saturated carbocycles. The Hall–Kier alpha value is -2.95. The highest BCUT2D eigenvalue weighted by atomic mass is 19.1. The standard InChI is InChI=1S/C18H16FNO3/c1-13(21)17(11-20-16-9-5-8-15(19)10-16)18(22)23-12-14-6-3-2-4-7-14/h2-11,21H,12H2,1H3/b17-13+,20-11?. The molecule has 0 bridgehead atoms. The van der Waals surface area contributed by atoms with Crippen molar-refractivity contribution in [3.8, 4) is 0 Å². The van der Waals surface area contributed by atoms with E-state index in [1.165, 1.54) is 25.1 Å². The van der Waals surface area contributed by atoms with Crippen molar-refractivity contribution in [1.29, 1.82) is 0 Å². The molecule has 2 aromatic rings. The van der Waals surface area contributed by atoms with Crippen LogP contribution in [0.2, 0.25) is 0 Å². The number of benzene rings is 2. The average Bonchev–Trinajstić information content (AvgIpc) is 2.54. The van der Waals surface area contributed by atoms with Crippen molar-refractivity contribution in [3.05, 3.63) is 77.3 Å². The monoisotopic (exact) mass is 313 g/mol. The quantitative estimate of drug-likeness (QED) is 0.391. The van der Waals surface area contributed by atoms with E-state index in [4.69, 9.17) is 4.74 Å². The molecule has 0 aliphatic carbocycles. The Kier molecular flexibility index (Phi) is 5.63. The molecule has 2 rings (SSSR count). The van der Waals surface area contributed by atoms with Gasteiger partial charge in [-0.25, -0.2) is 9.18 Å². The molecule has 0 unspecified atom stereocenters. The van der Waals surface area contributed by atoms with Gasteiger partial charge >= 0.3 is 5.97 Å². The first-order chi connectivity index (χ1) is 11.1. The zero-order valence-electron chi connectivity index (χ0n) is 12.6. The van der Waals surface area contributed by atoms with Crippen LogP contribution in [0.4, 0.5) is 10.1 Å². The van der Waals surface area contributed by atoms with E-state index in [1.54, 1.807) is 6.07 Å². The summed E-state index contributed by atoms with van der Waals surface area (Å²) in [6.45, 7) is 1.45. The highest BCUT2D eigenvalue weighted by Gasteiger charge is 2.13. The molecule has 2 aromatic carbocycles. The van der Waals surface area contributed by atoms with Gasteiger partial charge in [0.2, 0.25) is 0 Å². The summed E-state index contributed by atoms with van der Waals surface area (Å²) in [5.74, 6) is -1.35. The van der Waals surface area contributed by atoms with Crippen molar-refractivity contribution in [3.63, 3.8) is 0 Å². The number of hydrogen-bond donors (Lipinski definition) is 1. The zero-order valence-corrected chi connectivity index (χ0v) is 12.6. The Morgan fingerprint density at radius 2 is 1.96 bits per heavy atom. The molecule has 0 spiro atoms. The number of hydrogen-bond acceptors (Lipinski definition) is 4. The lowest BCUT2D eigenvalue weighted by Crippen LogP contribution is -2.11. The molecule has 118 valence electrons. The summed E-state index contributed by atoms with van der Waals surface area (Å²) in [4.78, 5) is 16.0. The maximum absolute atomic E-state index is 13.1. The average molecular weight is 313 g/mol. The topological polar surface area (TPSA) is 58.9 Å². The molecule has 0 saturated heterocycles. The molecule has 0 fully saturated rings. The van der Waals surface area contributed by atoms with Gasteiger partial charge in [-0.15, -0.1) is 0 Å². The van der Waals surface area contributed by atoms with Crippen molar-refractivity contribution < 1.29 is 19.0 Å². The summed E-state index contributed by atoms with van der Waals surface area (Å²) >= 11 is 0. The Morgan fingerprint density at radius 3 is 2.61 bits per heavy atom. The maximum Gasteiger partial charge on any atom is 0.343 e. The summed E-state index contributed by atoms with van der Waals surface area (Å²) in [5, 5.41) is 9.63. The summed E-state index contributed by atoms with van der Waals surface area (Å²) < 4.78 is 18.2. The fourth-order valence-corrected chi connectivity index (χ4v) is 1.79. The van der Waals surface area contributed by atoms with Crippen LogP contribution in [0, 0.1) is 5.82 Å². The van der Waals surface area contributed by atoms with Crippen LogP contribution >= 0.6 is 0 Å². The molecule has 23 heavy (non-hydrogen) atoms. The summed E-state index contributed by atoms with van der Waals surface area (Å²) in [7, 11) is 0. The van der Waals surface area contributed by atoms with Gasteiger partial charge in [-0.05, 0) is 30.7 Å². The Balaban J connectivity index is 2.06. The van der Waals surface area contributed by atoms with Gasteiger partial charge in [0.1, 0.15) is 23.8 Å². The molecule has 0 heterocycles. The third kappa shape index (κ3) is 5.07. The predicted octanol–water partition coefficient (Wildman–Crippen LogP) is 4.10. The number of nitrogens with zero attached hydrogens (tertiary/aromatic N) is 1. The van der Waals surface area contributed by atoms with Crippen molar-refractivity contribution in [2.75, 3.05) is 0 Å².